The molecule has 7 aromatic rings. The average molecular weight is 601 g/mol. The van der Waals surface area contributed by atoms with Crippen LogP contribution in [-0.2, 0) is 0 Å². The number of pyridine rings is 2. The first kappa shape index (κ1) is 28.6. The van der Waals surface area contributed by atoms with E-state index in [4.69, 9.17) is 19.4 Å². The Balaban J connectivity index is 1.44. The third-order valence-electron chi connectivity index (χ3n) is 7.78. The number of nitrogens with zero attached hydrogens (tertiary/aromatic N) is 2. The average Bonchev–Trinajstić information content (AvgIpc) is 3.09. The molecule has 0 saturated carbocycles. The van der Waals surface area contributed by atoms with Gasteiger partial charge in [-0.2, -0.15) is 0 Å². The molecule has 6 nitrogen and oxygen atoms in total. The fourth-order valence-corrected chi connectivity index (χ4v) is 5.33. The van der Waals surface area contributed by atoms with Crippen molar-refractivity contribution in [3.8, 4) is 34.0 Å². The van der Waals surface area contributed by atoms with Gasteiger partial charge in [0, 0.05) is 21.9 Å². The fourth-order valence-electron chi connectivity index (χ4n) is 5.33. The number of benzene rings is 5. The van der Waals surface area contributed by atoms with Crippen molar-refractivity contribution in [1.29, 1.82) is 0 Å². The summed E-state index contributed by atoms with van der Waals surface area (Å²) in [4.78, 5) is 37.5. The number of rotatable bonds is 6. The highest BCUT2D eigenvalue weighted by Gasteiger charge is 2.21. The summed E-state index contributed by atoms with van der Waals surface area (Å²) in [7, 11) is 0. The zero-order chi connectivity index (χ0) is 31.6. The number of esters is 2. The maximum absolute atomic E-state index is 13.8. The van der Waals surface area contributed by atoms with E-state index in [9.17, 15) is 9.59 Å². The predicted octanol–water partition coefficient (Wildman–Crippen LogP) is 9.17. The zero-order valence-corrected chi connectivity index (χ0v) is 25.2. The van der Waals surface area contributed by atoms with E-state index in [0.717, 1.165) is 22.3 Å². The number of aryl methyl sites for hydroxylation is 2. The van der Waals surface area contributed by atoms with Crippen molar-refractivity contribution < 1.29 is 19.1 Å². The van der Waals surface area contributed by atoms with E-state index in [1.165, 1.54) is 0 Å². The smallest absolute Gasteiger partial charge is 0.344 e. The van der Waals surface area contributed by atoms with Gasteiger partial charge in [-0.15, -0.1) is 0 Å². The molecule has 7 rings (SSSR count). The number of ether oxygens (including phenoxy) is 2. The van der Waals surface area contributed by atoms with Crippen LogP contribution in [0.15, 0.2) is 133 Å². The van der Waals surface area contributed by atoms with Gasteiger partial charge in [0.2, 0.25) is 0 Å². The Kier molecular flexibility index (Phi) is 7.53. The summed E-state index contributed by atoms with van der Waals surface area (Å²) in [5.74, 6) is -0.214. The third-order valence-corrected chi connectivity index (χ3v) is 7.78. The number of fused-ring (bicyclic) bond motifs is 2. The van der Waals surface area contributed by atoms with Crippen LogP contribution in [0.25, 0.3) is 44.3 Å². The first-order valence-corrected chi connectivity index (χ1v) is 14.9. The summed E-state index contributed by atoms with van der Waals surface area (Å²) in [5.41, 5.74) is 6.75. The molecule has 0 unspecified atom stereocenters. The van der Waals surface area contributed by atoms with Gasteiger partial charge in [-0.05, 0) is 62.4 Å². The summed E-state index contributed by atoms with van der Waals surface area (Å²) in [6.45, 7) is 3.94. The van der Waals surface area contributed by atoms with E-state index in [-0.39, 0.29) is 0 Å². The number of carbonyl (C=O) groups excluding carboxylic acids is 2. The molecule has 0 N–H and O–H groups in total. The van der Waals surface area contributed by atoms with E-state index < -0.39 is 11.9 Å². The molecule has 0 aliphatic rings. The molecule has 0 aliphatic heterocycles. The largest absolute Gasteiger partial charge is 0.423 e. The van der Waals surface area contributed by atoms with Gasteiger partial charge in [-0.3, -0.25) is 0 Å². The van der Waals surface area contributed by atoms with Gasteiger partial charge in [0.25, 0.3) is 0 Å². The second-order valence-corrected chi connectivity index (χ2v) is 11.1. The topological polar surface area (TPSA) is 78.4 Å². The molecule has 0 saturated heterocycles. The van der Waals surface area contributed by atoms with Crippen LogP contribution in [0.2, 0.25) is 0 Å². The lowest BCUT2D eigenvalue weighted by Gasteiger charge is -2.14. The summed E-state index contributed by atoms with van der Waals surface area (Å²) >= 11 is 0. The molecule has 0 radical (unpaired) electrons. The number of aromatic nitrogens is 2. The quantitative estimate of drug-likeness (QED) is 0.108. The summed E-state index contributed by atoms with van der Waals surface area (Å²) < 4.78 is 11.7. The third kappa shape index (κ3) is 5.84. The minimum absolute atomic E-state index is 0.316. The molecule has 0 amide bonds. The van der Waals surface area contributed by atoms with Crippen LogP contribution in [0.4, 0.5) is 0 Å². The van der Waals surface area contributed by atoms with E-state index >= 15 is 0 Å². The van der Waals surface area contributed by atoms with Gasteiger partial charge in [0.1, 0.15) is 11.5 Å². The van der Waals surface area contributed by atoms with E-state index in [0.29, 0.717) is 55.8 Å². The molecule has 0 atom stereocenters. The van der Waals surface area contributed by atoms with Crippen LogP contribution in [0.5, 0.6) is 11.5 Å². The van der Waals surface area contributed by atoms with Crippen molar-refractivity contribution in [2.24, 2.45) is 0 Å². The molecule has 2 aromatic heterocycles. The molecular weight excluding hydrogens is 572 g/mol. The Morgan fingerprint density at radius 3 is 1.26 bits per heavy atom. The Hall–Kier alpha value is -6.14. The van der Waals surface area contributed by atoms with Gasteiger partial charge < -0.3 is 9.47 Å². The van der Waals surface area contributed by atoms with Crippen LogP contribution in [-0.4, -0.2) is 21.9 Å². The van der Waals surface area contributed by atoms with Crippen molar-refractivity contribution >= 4 is 33.7 Å². The molecule has 222 valence electrons. The van der Waals surface area contributed by atoms with Crippen molar-refractivity contribution in [2.45, 2.75) is 13.8 Å². The van der Waals surface area contributed by atoms with Crippen molar-refractivity contribution in [2.75, 3.05) is 0 Å². The highest BCUT2D eigenvalue weighted by atomic mass is 16.5. The molecular formula is C40H28N2O4. The Morgan fingerprint density at radius 2 is 0.870 bits per heavy atom. The molecule has 6 heteroatoms. The molecule has 0 fully saturated rings. The van der Waals surface area contributed by atoms with Crippen LogP contribution in [0, 0.1) is 13.8 Å². The number of hydrogen-bond donors (Lipinski definition) is 0. The van der Waals surface area contributed by atoms with E-state index in [1.807, 2.05) is 105 Å². The zero-order valence-electron chi connectivity index (χ0n) is 25.2. The Bertz CT molecular complexity index is 2070. The summed E-state index contributed by atoms with van der Waals surface area (Å²) in [6.07, 6.45) is 0. The standard InChI is InChI=1S/C40H28N2O4/c1-25-13-17-29(18-14-25)45-39(43)33-22-35(27-9-5-3-6-10-27)41-37-24-38-32(21-31(33)37)34(23-36(42-38)28-11-7-4-8-12-28)40(44)46-30-19-15-26(2)16-20-30/h3-24H,1-2H3. The first-order chi connectivity index (χ1) is 22.4. The predicted molar refractivity (Wildman–Crippen MR) is 180 cm³/mol. The molecule has 0 spiro atoms. The first-order valence-electron chi connectivity index (χ1n) is 14.9. The van der Waals surface area contributed by atoms with Crippen LogP contribution in [0.1, 0.15) is 31.8 Å². The van der Waals surface area contributed by atoms with Gasteiger partial charge in [0.15, 0.2) is 0 Å². The monoisotopic (exact) mass is 600 g/mol. The van der Waals surface area contributed by atoms with Gasteiger partial charge in [-0.1, -0.05) is 96.1 Å². The van der Waals surface area contributed by atoms with Gasteiger partial charge in [-0.25, -0.2) is 19.6 Å². The van der Waals surface area contributed by atoms with Crippen molar-refractivity contribution in [3.63, 3.8) is 0 Å². The van der Waals surface area contributed by atoms with E-state index in [1.54, 1.807) is 42.5 Å². The van der Waals surface area contributed by atoms with Crippen LogP contribution in [0.3, 0.4) is 0 Å². The normalized spacial score (nSPS) is 11.0. The van der Waals surface area contributed by atoms with Crippen molar-refractivity contribution in [3.05, 3.63) is 156 Å². The minimum Gasteiger partial charge on any atom is -0.423 e. The highest BCUT2D eigenvalue weighted by Crippen LogP contribution is 2.33. The SMILES string of the molecule is Cc1ccc(OC(=O)c2cc(-c3ccccc3)nc3cc4nc(-c5ccccc5)cc(C(=O)Oc5ccc(C)cc5)c4cc23)cc1. The second kappa shape index (κ2) is 12.1. The van der Waals surface area contributed by atoms with E-state index in [2.05, 4.69) is 0 Å². The molecule has 0 bridgehead atoms. The lowest BCUT2D eigenvalue weighted by molar-refractivity contribution is 0.0727. The second-order valence-electron chi connectivity index (χ2n) is 11.1. The Morgan fingerprint density at radius 1 is 0.478 bits per heavy atom. The highest BCUT2D eigenvalue weighted by molar-refractivity contribution is 6.13. The molecule has 5 aromatic carbocycles. The van der Waals surface area contributed by atoms with Crippen LogP contribution < -0.4 is 9.47 Å². The lowest BCUT2D eigenvalue weighted by Crippen LogP contribution is -2.12. The maximum Gasteiger partial charge on any atom is 0.344 e. The van der Waals surface area contributed by atoms with Crippen molar-refractivity contribution in [1.82, 2.24) is 9.97 Å². The number of hydrogen-bond acceptors (Lipinski definition) is 6. The lowest BCUT2D eigenvalue weighted by atomic mass is 9.99. The Labute approximate surface area is 265 Å². The molecule has 2 heterocycles. The minimum atomic E-state index is -0.537. The van der Waals surface area contributed by atoms with Crippen LogP contribution >= 0.6 is 0 Å². The molecule has 0 aliphatic carbocycles. The van der Waals surface area contributed by atoms with Gasteiger partial charge in [0.05, 0.1) is 33.5 Å². The number of carbonyl (C=O) groups is 2. The summed E-state index contributed by atoms with van der Waals surface area (Å²) in [5, 5.41) is 1.06. The fraction of sp³-hybridized carbons (Fsp3) is 0.0500. The maximum atomic E-state index is 13.8. The summed E-state index contributed by atoms with van der Waals surface area (Å²) in [6, 6.07) is 41.0. The molecule has 46 heavy (non-hydrogen) atoms. The van der Waals surface area contributed by atoms with Gasteiger partial charge >= 0.3 is 11.9 Å².